The molecule has 2 unspecified atom stereocenters. The van der Waals surface area contributed by atoms with Gasteiger partial charge in [-0.2, -0.15) is 11.8 Å². The maximum absolute atomic E-state index is 5.56. The Hall–Kier alpha value is -0.970. The zero-order chi connectivity index (χ0) is 11.4. The molecule has 1 heterocycles. The first-order valence-corrected chi connectivity index (χ1v) is 6.95. The van der Waals surface area contributed by atoms with E-state index in [1.807, 2.05) is 11.8 Å². The molecule has 0 aliphatic heterocycles. The Morgan fingerprint density at radius 1 is 1.31 bits per heavy atom. The van der Waals surface area contributed by atoms with Gasteiger partial charge in [0.2, 0.25) is 5.95 Å². The maximum atomic E-state index is 5.56. The third-order valence-corrected chi connectivity index (χ3v) is 4.16. The van der Waals surface area contributed by atoms with Crippen LogP contribution in [0.25, 0.3) is 0 Å². The van der Waals surface area contributed by atoms with E-state index in [1.54, 1.807) is 12.4 Å². The molecule has 1 aromatic rings. The second-order valence-electron chi connectivity index (χ2n) is 4.15. The van der Waals surface area contributed by atoms with Gasteiger partial charge in [0, 0.05) is 11.3 Å². The first-order valence-electron chi connectivity index (χ1n) is 5.66. The number of nitrogens with two attached hydrogens (primary N) is 1. The Morgan fingerprint density at radius 3 is 2.69 bits per heavy atom. The van der Waals surface area contributed by atoms with Crippen LogP contribution in [0.4, 0.5) is 11.6 Å². The van der Waals surface area contributed by atoms with Crippen molar-refractivity contribution in [1.29, 1.82) is 0 Å². The van der Waals surface area contributed by atoms with Crippen LogP contribution in [0.2, 0.25) is 0 Å². The van der Waals surface area contributed by atoms with Gasteiger partial charge >= 0.3 is 0 Å². The van der Waals surface area contributed by atoms with Crippen LogP contribution in [0.1, 0.15) is 25.7 Å². The molecule has 0 saturated heterocycles. The normalized spacial score (nSPS) is 25.3. The summed E-state index contributed by atoms with van der Waals surface area (Å²) in [4.78, 5) is 8.37. The Kier molecular flexibility index (Phi) is 3.88. The molecule has 1 saturated carbocycles. The predicted octanol–water partition coefficient (Wildman–Crippen LogP) is 2.14. The minimum Gasteiger partial charge on any atom is -0.396 e. The van der Waals surface area contributed by atoms with E-state index >= 15 is 0 Å². The van der Waals surface area contributed by atoms with Gasteiger partial charge in [0.1, 0.15) is 0 Å². The SMILES string of the molecule is CSC1CCCCC1Nc1ncc(N)cn1. The zero-order valence-corrected chi connectivity index (χ0v) is 10.3. The van der Waals surface area contributed by atoms with E-state index in [-0.39, 0.29) is 0 Å². The summed E-state index contributed by atoms with van der Waals surface area (Å²) in [6, 6.07) is 0.493. The highest BCUT2D eigenvalue weighted by molar-refractivity contribution is 7.99. The van der Waals surface area contributed by atoms with Crippen LogP contribution in [0.15, 0.2) is 12.4 Å². The number of aromatic nitrogens is 2. The molecular formula is C11H18N4S. The van der Waals surface area contributed by atoms with Crippen LogP contribution in [0.5, 0.6) is 0 Å². The molecule has 0 spiro atoms. The minimum absolute atomic E-state index is 0.493. The first kappa shape index (κ1) is 11.5. The van der Waals surface area contributed by atoms with E-state index < -0.39 is 0 Å². The second kappa shape index (κ2) is 5.39. The Labute approximate surface area is 100 Å². The van der Waals surface area contributed by atoms with E-state index in [0.717, 1.165) is 0 Å². The molecule has 4 nitrogen and oxygen atoms in total. The van der Waals surface area contributed by atoms with Crippen molar-refractivity contribution in [1.82, 2.24) is 9.97 Å². The standard InChI is InChI=1S/C11H18N4S/c1-16-10-5-3-2-4-9(10)15-11-13-6-8(12)7-14-11/h6-7,9-10H,2-5,12H2,1H3,(H,13,14,15). The average molecular weight is 238 g/mol. The Balaban J connectivity index is 1.99. The molecular weight excluding hydrogens is 220 g/mol. The fraction of sp³-hybridized carbons (Fsp3) is 0.636. The van der Waals surface area contributed by atoms with Crippen molar-refractivity contribution in [2.45, 2.75) is 37.0 Å². The number of hydrogen-bond acceptors (Lipinski definition) is 5. The topological polar surface area (TPSA) is 63.8 Å². The van der Waals surface area contributed by atoms with Gasteiger partial charge in [-0.3, -0.25) is 0 Å². The third-order valence-electron chi connectivity index (χ3n) is 2.99. The molecule has 0 radical (unpaired) electrons. The highest BCUT2D eigenvalue weighted by Crippen LogP contribution is 2.28. The highest BCUT2D eigenvalue weighted by Gasteiger charge is 2.24. The number of thioether (sulfide) groups is 1. The molecule has 2 rings (SSSR count). The number of nitrogen functional groups attached to an aromatic ring is 1. The van der Waals surface area contributed by atoms with Crippen molar-refractivity contribution < 1.29 is 0 Å². The lowest BCUT2D eigenvalue weighted by atomic mass is 9.95. The number of nitrogens with zero attached hydrogens (tertiary/aromatic N) is 2. The molecule has 3 N–H and O–H groups in total. The molecule has 1 aromatic heterocycles. The smallest absolute Gasteiger partial charge is 0.222 e. The number of rotatable bonds is 3. The molecule has 16 heavy (non-hydrogen) atoms. The molecule has 0 amide bonds. The van der Waals surface area contributed by atoms with Gasteiger partial charge in [0.25, 0.3) is 0 Å². The average Bonchev–Trinajstić information content (AvgIpc) is 2.33. The monoisotopic (exact) mass is 238 g/mol. The van der Waals surface area contributed by atoms with Crippen LogP contribution in [-0.2, 0) is 0 Å². The van der Waals surface area contributed by atoms with E-state index in [9.17, 15) is 0 Å². The lowest BCUT2D eigenvalue weighted by Crippen LogP contribution is -2.34. The summed E-state index contributed by atoms with van der Waals surface area (Å²) in [6.45, 7) is 0. The van der Waals surface area contributed by atoms with Crippen molar-refractivity contribution >= 4 is 23.4 Å². The molecule has 1 aliphatic carbocycles. The van der Waals surface area contributed by atoms with E-state index in [0.29, 0.717) is 22.9 Å². The third kappa shape index (κ3) is 2.78. The minimum atomic E-state index is 0.493. The van der Waals surface area contributed by atoms with Crippen LogP contribution < -0.4 is 11.1 Å². The number of nitrogens with one attached hydrogen (secondary N) is 1. The van der Waals surface area contributed by atoms with E-state index in [2.05, 4.69) is 21.5 Å². The van der Waals surface area contributed by atoms with Gasteiger partial charge in [-0.25, -0.2) is 9.97 Å². The second-order valence-corrected chi connectivity index (χ2v) is 5.23. The van der Waals surface area contributed by atoms with Crippen molar-refractivity contribution in [3.05, 3.63) is 12.4 Å². The van der Waals surface area contributed by atoms with Crippen LogP contribution in [-0.4, -0.2) is 27.5 Å². The van der Waals surface area contributed by atoms with Gasteiger partial charge in [-0.05, 0) is 19.1 Å². The molecule has 5 heteroatoms. The maximum Gasteiger partial charge on any atom is 0.222 e. The van der Waals surface area contributed by atoms with Gasteiger partial charge in [0.15, 0.2) is 0 Å². The summed E-state index contributed by atoms with van der Waals surface area (Å²) in [7, 11) is 0. The van der Waals surface area contributed by atoms with Crippen molar-refractivity contribution in [2.24, 2.45) is 0 Å². The summed E-state index contributed by atoms with van der Waals surface area (Å²) in [6.07, 6.45) is 10.6. The van der Waals surface area contributed by atoms with Gasteiger partial charge in [-0.15, -0.1) is 0 Å². The lowest BCUT2D eigenvalue weighted by Gasteiger charge is -2.30. The van der Waals surface area contributed by atoms with Crippen LogP contribution in [0, 0.1) is 0 Å². The van der Waals surface area contributed by atoms with E-state index in [1.165, 1.54) is 25.7 Å². The Bertz CT molecular complexity index is 327. The summed E-state index contributed by atoms with van der Waals surface area (Å²) in [5.41, 5.74) is 6.16. The first-order chi connectivity index (χ1) is 7.79. The van der Waals surface area contributed by atoms with Crippen LogP contribution >= 0.6 is 11.8 Å². The lowest BCUT2D eigenvalue weighted by molar-refractivity contribution is 0.473. The van der Waals surface area contributed by atoms with Crippen molar-refractivity contribution in [3.63, 3.8) is 0 Å². The van der Waals surface area contributed by atoms with Gasteiger partial charge < -0.3 is 11.1 Å². The summed E-state index contributed by atoms with van der Waals surface area (Å²) >= 11 is 1.93. The van der Waals surface area contributed by atoms with Gasteiger partial charge in [0.05, 0.1) is 18.1 Å². The molecule has 2 atom stereocenters. The number of hydrogen-bond donors (Lipinski definition) is 2. The summed E-state index contributed by atoms with van der Waals surface area (Å²) in [5.74, 6) is 0.695. The molecule has 1 aliphatic rings. The molecule has 88 valence electrons. The molecule has 0 bridgehead atoms. The Morgan fingerprint density at radius 2 is 2.00 bits per heavy atom. The van der Waals surface area contributed by atoms with Crippen LogP contribution in [0.3, 0.4) is 0 Å². The molecule has 1 fully saturated rings. The fourth-order valence-corrected chi connectivity index (χ4v) is 3.06. The van der Waals surface area contributed by atoms with Crippen molar-refractivity contribution in [3.8, 4) is 0 Å². The largest absolute Gasteiger partial charge is 0.396 e. The quantitative estimate of drug-likeness (QED) is 0.844. The zero-order valence-electron chi connectivity index (χ0n) is 9.52. The summed E-state index contributed by atoms with van der Waals surface area (Å²) in [5, 5.41) is 4.09. The van der Waals surface area contributed by atoms with Gasteiger partial charge in [-0.1, -0.05) is 12.8 Å². The summed E-state index contributed by atoms with van der Waals surface area (Å²) < 4.78 is 0. The molecule has 0 aromatic carbocycles. The predicted molar refractivity (Wildman–Crippen MR) is 69.6 cm³/mol. The number of anilines is 2. The fourth-order valence-electron chi connectivity index (χ4n) is 2.12. The van der Waals surface area contributed by atoms with Crippen molar-refractivity contribution in [2.75, 3.05) is 17.3 Å². The van der Waals surface area contributed by atoms with E-state index in [4.69, 9.17) is 5.73 Å². The highest BCUT2D eigenvalue weighted by atomic mass is 32.2.